The summed E-state index contributed by atoms with van der Waals surface area (Å²) in [4.78, 5) is 8.71. The summed E-state index contributed by atoms with van der Waals surface area (Å²) in [5.41, 5.74) is 2.04. The van der Waals surface area contributed by atoms with E-state index in [4.69, 9.17) is 16.3 Å². The zero-order chi connectivity index (χ0) is 12.7. The summed E-state index contributed by atoms with van der Waals surface area (Å²) in [6, 6.07) is 2.45. The maximum absolute atomic E-state index is 6.24. The first-order valence-electron chi connectivity index (χ1n) is 6.19. The van der Waals surface area contributed by atoms with Crippen molar-refractivity contribution in [1.29, 1.82) is 0 Å². The average Bonchev–Trinajstić information content (AvgIpc) is 2.68. The fraction of sp³-hybridized carbons (Fsp3) is 0.538. The summed E-state index contributed by atoms with van der Waals surface area (Å²) in [5, 5.41) is -0.0982. The van der Waals surface area contributed by atoms with Crippen molar-refractivity contribution in [3.05, 3.63) is 24.3 Å². The number of methoxy groups -OCH3 is 1. The van der Waals surface area contributed by atoms with Crippen LogP contribution >= 0.6 is 11.6 Å². The van der Waals surface area contributed by atoms with Crippen LogP contribution in [-0.2, 0) is 4.74 Å². The molecule has 0 spiro atoms. The molecule has 4 nitrogen and oxygen atoms in total. The molecule has 1 fully saturated rings. The summed E-state index contributed by atoms with van der Waals surface area (Å²) >= 11 is 6.24. The lowest BCUT2D eigenvalue weighted by Gasteiger charge is -2.36. The zero-order valence-electron chi connectivity index (χ0n) is 10.5. The Bertz CT molecular complexity index is 560. The van der Waals surface area contributed by atoms with Crippen molar-refractivity contribution in [2.75, 3.05) is 7.11 Å². The van der Waals surface area contributed by atoms with Crippen LogP contribution in [0.2, 0.25) is 0 Å². The number of hydrogen-bond donors (Lipinski definition) is 0. The van der Waals surface area contributed by atoms with Gasteiger partial charge in [-0.3, -0.25) is 4.98 Å². The van der Waals surface area contributed by atoms with Gasteiger partial charge in [0, 0.05) is 19.3 Å². The van der Waals surface area contributed by atoms with Crippen LogP contribution < -0.4 is 0 Å². The molecule has 0 amide bonds. The van der Waals surface area contributed by atoms with E-state index in [0.717, 1.165) is 29.7 Å². The SMILES string of the molecule is COC1CC(n2c(C(C)Cl)nc3cnccc32)C1. The molecule has 0 N–H and O–H groups in total. The predicted octanol–water partition coefficient (Wildman–Crippen LogP) is 3.08. The number of alkyl halides is 1. The third-order valence-electron chi connectivity index (χ3n) is 3.64. The highest BCUT2D eigenvalue weighted by Gasteiger charge is 2.33. The molecule has 0 aromatic carbocycles. The van der Waals surface area contributed by atoms with Crippen LogP contribution in [0.4, 0.5) is 0 Å². The quantitative estimate of drug-likeness (QED) is 0.801. The van der Waals surface area contributed by atoms with Crippen molar-refractivity contribution in [3.8, 4) is 0 Å². The summed E-state index contributed by atoms with van der Waals surface area (Å²) < 4.78 is 7.60. The summed E-state index contributed by atoms with van der Waals surface area (Å²) in [6.45, 7) is 1.96. The number of aromatic nitrogens is 3. The third kappa shape index (κ3) is 1.80. The van der Waals surface area contributed by atoms with Crippen molar-refractivity contribution in [2.45, 2.75) is 37.3 Å². The molecule has 2 heterocycles. The van der Waals surface area contributed by atoms with Crippen LogP contribution in [0.1, 0.15) is 37.0 Å². The van der Waals surface area contributed by atoms with Gasteiger partial charge in [-0.15, -0.1) is 11.6 Å². The van der Waals surface area contributed by atoms with Crippen LogP contribution in [0, 0.1) is 0 Å². The molecule has 1 saturated carbocycles. The third-order valence-corrected chi connectivity index (χ3v) is 3.84. The number of hydrogen-bond acceptors (Lipinski definition) is 3. The number of nitrogens with zero attached hydrogens (tertiary/aromatic N) is 3. The van der Waals surface area contributed by atoms with E-state index in [1.54, 1.807) is 19.5 Å². The van der Waals surface area contributed by atoms with E-state index in [-0.39, 0.29) is 5.38 Å². The molecule has 0 aliphatic heterocycles. The number of imidazole rings is 1. The van der Waals surface area contributed by atoms with Crippen LogP contribution in [0.25, 0.3) is 11.0 Å². The molecule has 1 atom stereocenters. The minimum Gasteiger partial charge on any atom is -0.381 e. The lowest BCUT2D eigenvalue weighted by Crippen LogP contribution is -2.33. The van der Waals surface area contributed by atoms with Gasteiger partial charge in [0.05, 0.1) is 23.2 Å². The van der Waals surface area contributed by atoms with Crippen molar-refractivity contribution in [2.24, 2.45) is 0 Å². The maximum Gasteiger partial charge on any atom is 0.128 e. The summed E-state index contributed by atoms with van der Waals surface area (Å²) in [5.74, 6) is 0.930. The Morgan fingerprint density at radius 1 is 1.50 bits per heavy atom. The molecule has 0 radical (unpaired) electrons. The molecule has 2 aromatic rings. The maximum atomic E-state index is 6.24. The minimum absolute atomic E-state index is 0.0982. The fourth-order valence-corrected chi connectivity index (χ4v) is 2.73. The van der Waals surface area contributed by atoms with E-state index < -0.39 is 0 Å². The molecule has 18 heavy (non-hydrogen) atoms. The lowest BCUT2D eigenvalue weighted by atomic mass is 9.88. The fourth-order valence-electron chi connectivity index (χ4n) is 2.57. The standard InChI is InChI=1S/C13H16ClN3O/c1-8(14)13-16-11-7-15-4-3-12(11)17(13)9-5-10(6-9)18-2/h3-4,7-10H,5-6H2,1-2H3. The van der Waals surface area contributed by atoms with Gasteiger partial charge in [-0.2, -0.15) is 0 Å². The monoisotopic (exact) mass is 265 g/mol. The Morgan fingerprint density at radius 3 is 2.94 bits per heavy atom. The molecule has 0 saturated heterocycles. The Morgan fingerprint density at radius 2 is 2.28 bits per heavy atom. The van der Waals surface area contributed by atoms with Gasteiger partial charge in [-0.05, 0) is 25.8 Å². The second-order valence-electron chi connectivity index (χ2n) is 4.80. The Hall–Kier alpha value is -1.13. The average molecular weight is 266 g/mol. The van der Waals surface area contributed by atoms with Gasteiger partial charge in [0.2, 0.25) is 0 Å². The second-order valence-corrected chi connectivity index (χ2v) is 5.46. The number of halogens is 1. The molecule has 5 heteroatoms. The Balaban J connectivity index is 2.05. The predicted molar refractivity (Wildman–Crippen MR) is 70.9 cm³/mol. The number of rotatable bonds is 3. The number of ether oxygens (including phenoxy) is 1. The van der Waals surface area contributed by atoms with Gasteiger partial charge >= 0.3 is 0 Å². The van der Waals surface area contributed by atoms with E-state index in [2.05, 4.69) is 14.5 Å². The first-order chi connectivity index (χ1) is 8.70. The molecule has 1 unspecified atom stereocenters. The lowest BCUT2D eigenvalue weighted by molar-refractivity contribution is 0.00658. The molecular formula is C13H16ClN3O. The van der Waals surface area contributed by atoms with Crippen molar-refractivity contribution < 1.29 is 4.74 Å². The van der Waals surface area contributed by atoms with Crippen molar-refractivity contribution >= 4 is 22.6 Å². The zero-order valence-corrected chi connectivity index (χ0v) is 11.3. The Labute approximate surface area is 111 Å². The molecule has 2 aromatic heterocycles. The van der Waals surface area contributed by atoms with E-state index in [1.807, 2.05) is 13.0 Å². The van der Waals surface area contributed by atoms with Gasteiger partial charge in [0.25, 0.3) is 0 Å². The highest BCUT2D eigenvalue weighted by Crippen LogP contribution is 2.39. The first kappa shape index (κ1) is 11.9. The molecule has 0 bridgehead atoms. The van der Waals surface area contributed by atoms with Gasteiger partial charge in [0.1, 0.15) is 11.3 Å². The minimum atomic E-state index is -0.0982. The van der Waals surface area contributed by atoms with Crippen LogP contribution in [0.5, 0.6) is 0 Å². The van der Waals surface area contributed by atoms with Crippen molar-refractivity contribution in [3.63, 3.8) is 0 Å². The largest absolute Gasteiger partial charge is 0.381 e. The highest BCUT2D eigenvalue weighted by molar-refractivity contribution is 6.20. The normalized spacial score (nSPS) is 25.1. The molecule has 96 valence electrons. The van der Waals surface area contributed by atoms with E-state index in [9.17, 15) is 0 Å². The van der Waals surface area contributed by atoms with Crippen LogP contribution in [-0.4, -0.2) is 27.7 Å². The molecule has 1 aliphatic rings. The van der Waals surface area contributed by atoms with E-state index in [1.165, 1.54) is 0 Å². The van der Waals surface area contributed by atoms with E-state index in [0.29, 0.717) is 12.1 Å². The van der Waals surface area contributed by atoms with Gasteiger partial charge < -0.3 is 9.30 Å². The van der Waals surface area contributed by atoms with Gasteiger partial charge in [-0.25, -0.2) is 4.98 Å². The van der Waals surface area contributed by atoms with E-state index >= 15 is 0 Å². The smallest absolute Gasteiger partial charge is 0.128 e. The second kappa shape index (κ2) is 4.52. The topological polar surface area (TPSA) is 39.9 Å². The van der Waals surface area contributed by atoms with Crippen LogP contribution in [0.15, 0.2) is 18.5 Å². The van der Waals surface area contributed by atoms with Gasteiger partial charge in [-0.1, -0.05) is 0 Å². The molecular weight excluding hydrogens is 250 g/mol. The number of fused-ring (bicyclic) bond motifs is 1. The number of pyridine rings is 1. The van der Waals surface area contributed by atoms with Gasteiger partial charge in [0.15, 0.2) is 0 Å². The van der Waals surface area contributed by atoms with Crippen LogP contribution in [0.3, 0.4) is 0 Å². The summed E-state index contributed by atoms with van der Waals surface area (Å²) in [7, 11) is 1.77. The summed E-state index contributed by atoms with van der Waals surface area (Å²) in [6.07, 6.45) is 6.02. The molecule has 3 rings (SSSR count). The van der Waals surface area contributed by atoms with Crippen molar-refractivity contribution in [1.82, 2.24) is 14.5 Å². The molecule has 1 aliphatic carbocycles. The Kier molecular flexibility index (Phi) is 2.99. The first-order valence-corrected chi connectivity index (χ1v) is 6.63. The highest BCUT2D eigenvalue weighted by atomic mass is 35.5.